The number of hydrogen-bond acceptors (Lipinski definition) is 4. The Hall–Kier alpha value is -0.940. The van der Waals surface area contributed by atoms with E-state index in [-0.39, 0.29) is 39.9 Å². The Bertz CT molecular complexity index is 568. The molecular formula is C25H47N3O2. The van der Waals surface area contributed by atoms with Gasteiger partial charge in [0.2, 0.25) is 5.91 Å². The second-order valence-electron chi connectivity index (χ2n) is 12.2. The Morgan fingerprint density at radius 3 is 1.70 bits per heavy atom. The van der Waals surface area contributed by atoms with E-state index in [2.05, 4.69) is 71.3 Å². The minimum absolute atomic E-state index is 0.0163. The lowest BCUT2D eigenvalue weighted by Gasteiger charge is -2.27. The molecule has 2 atom stereocenters. The van der Waals surface area contributed by atoms with Crippen LogP contribution in [0.3, 0.4) is 0 Å². The lowest BCUT2D eigenvalue weighted by atomic mass is 9.82. The third kappa shape index (κ3) is 6.78. The van der Waals surface area contributed by atoms with E-state index in [0.29, 0.717) is 12.2 Å². The molecule has 0 radical (unpaired) electrons. The van der Waals surface area contributed by atoms with Crippen LogP contribution in [0.15, 0.2) is 0 Å². The molecule has 0 bridgehead atoms. The summed E-state index contributed by atoms with van der Waals surface area (Å²) in [7, 11) is 0. The fraction of sp³-hybridized carbons (Fsp3) is 0.920. The average Bonchev–Trinajstić information content (AvgIpc) is 2.94. The number of carbonyl (C=O) groups is 2. The van der Waals surface area contributed by atoms with Gasteiger partial charge in [0.15, 0.2) is 0 Å². The van der Waals surface area contributed by atoms with Crippen LogP contribution in [-0.4, -0.2) is 40.4 Å². The summed E-state index contributed by atoms with van der Waals surface area (Å²) in [5.41, 5.74) is -0.188. The van der Waals surface area contributed by atoms with Crippen LogP contribution in [0.2, 0.25) is 0 Å². The molecule has 2 saturated heterocycles. The summed E-state index contributed by atoms with van der Waals surface area (Å²) in [5.74, 6) is 0.750. The van der Waals surface area contributed by atoms with Gasteiger partial charge in [0.05, 0.1) is 5.92 Å². The summed E-state index contributed by atoms with van der Waals surface area (Å²) >= 11 is 0. The molecule has 0 aliphatic carbocycles. The fourth-order valence-electron chi connectivity index (χ4n) is 5.95. The van der Waals surface area contributed by atoms with Crippen LogP contribution < -0.4 is 16.0 Å². The summed E-state index contributed by atoms with van der Waals surface area (Å²) in [4.78, 5) is 25.3. The highest BCUT2D eigenvalue weighted by molar-refractivity contribution is 5.83. The van der Waals surface area contributed by atoms with Crippen molar-refractivity contribution in [3.8, 4) is 0 Å². The van der Waals surface area contributed by atoms with Crippen LogP contribution in [-0.2, 0) is 9.59 Å². The van der Waals surface area contributed by atoms with Gasteiger partial charge in [-0.1, -0.05) is 19.3 Å². The highest BCUT2D eigenvalue weighted by Crippen LogP contribution is 2.37. The Morgan fingerprint density at radius 2 is 1.20 bits per heavy atom. The molecule has 30 heavy (non-hydrogen) atoms. The molecule has 5 nitrogen and oxygen atoms in total. The topological polar surface area (TPSA) is 70.2 Å². The van der Waals surface area contributed by atoms with E-state index in [1.54, 1.807) is 0 Å². The lowest BCUT2D eigenvalue weighted by molar-refractivity contribution is -0.126. The smallest absolute Gasteiger partial charge is 0.225 e. The van der Waals surface area contributed by atoms with Crippen LogP contribution in [0.1, 0.15) is 107 Å². The molecule has 0 saturated carbocycles. The van der Waals surface area contributed by atoms with E-state index in [9.17, 15) is 9.59 Å². The van der Waals surface area contributed by atoms with E-state index in [1.807, 2.05) is 0 Å². The molecule has 0 aromatic rings. The summed E-state index contributed by atoms with van der Waals surface area (Å²) in [6, 6.07) is 0. The molecule has 3 N–H and O–H groups in total. The molecule has 0 aromatic heterocycles. The molecule has 2 heterocycles. The Balaban J connectivity index is 1.56. The normalized spacial score (nSPS) is 28.4. The van der Waals surface area contributed by atoms with Crippen molar-refractivity contribution in [2.75, 3.05) is 6.54 Å². The molecule has 2 aliphatic heterocycles. The summed E-state index contributed by atoms with van der Waals surface area (Å²) in [6.45, 7) is 18.0. The molecule has 2 rings (SSSR count). The molecule has 0 aromatic carbocycles. The second kappa shape index (κ2) is 9.28. The number of ketones is 1. The van der Waals surface area contributed by atoms with Crippen molar-refractivity contribution in [3.05, 3.63) is 0 Å². The van der Waals surface area contributed by atoms with E-state index in [1.165, 1.54) is 0 Å². The van der Waals surface area contributed by atoms with Crippen molar-refractivity contribution in [3.63, 3.8) is 0 Å². The highest BCUT2D eigenvalue weighted by Gasteiger charge is 2.48. The SMILES string of the molecule is CC1(C)CC(C(=O)CCCCCCCNC(=O)C2CC(C)(C)NC2(C)C)C(C)(C)N1. The highest BCUT2D eigenvalue weighted by atomic mass is 16.2. The molecule has 174 valence electrons. The maximum absolute atomic E-state index is 12.7. The summed E-state index contributed by atoms with van der Waals surface area (Å²) in [6.07, 6.45) is 7.83. The van der Waals surface area contributed by atoms with Gasteiger partial charge in [-0.3, -0.25) is 9.59 Å². The van der Waals surface area contributed by atoms with Crippen LogP contribution >= 0.6 is 0 Å². The third-order valence-electron chi connectivity index (χ3n) is 7.10. The number of carbonyl (C=O) groups excluding carboxylic acids is 2. The van der Waals surface area contributed by atoms with Crippen LogP contribution in [0.25, 0.3) is 0 Å². The van der Waals surface area contributed by atoms with E-state index in [4.69, 9.17) is 0 Å². The molecule has 0 spiro atoms. The predicted octanol–water partition coefficient (Wildman–Crippen LogP) is 4.35. The predicted molar refractivity (Wildman–Crippen MR) is 125 cm³/mol. The number of rotatable bonds is 10. The summed E-state index contributed by atoms with van der Waals surface area (Å²) < 4.78 is 0. The standard InChI is InChI=1S/C25H47N3O2/c1-22(2)16-18(24(5,6)27-22)20(29)14-12-10-9-11-13-15-26-21(30)19-17-23(3,4)28-25(19,7)8/h18-19,27-28H,9-17H2,1-8H3,(H,26,30). The largest absolute Gasteiger partial charge is 0.356 e. The fourth-order valence-corrected chi connectivity index (χ4v) is 5.95. The maximum atomic E-state index is 12.7. The van der Waals surface area contributed by atoms with Gasteiger partial charge < -0.3 is 16.0 Å². The third-order valence-corrected chi connectivity index (χ3v) is 7.10. The monoisotopic (exact) mass is 421 g/mol. The lowest BCUT2D eigenvalue weighted by Crippen LogP contribution is -2.48. The van der Waals surface area contributed by atoms with Crippen molar-refractivity contribution < 1.29 is 9.59 Å². The zero-order valence-corrected chi connectivity index (χ0v) is 20.8. The van der Waals surface area contributed by atoms with Crippen LogP contribution in [0.4, 0.5) is 0 Å². The van der Waals surface area contributed by atoms with Crippen molar-refractivity contribution >= 4 is 11.7 Å². The van der Waals surface area contributed by atoms with Crippen LogP contribution in [0.5, 0.6) is 0 Å². The first-order chi connectivity index (χ1) is 13.7. The maximum Gasteiger partial charge on any atom is 0.225 e. The number of hydrogen-bond donors (Lipinski definition) is 3. The van der Waals surface area contributed by atoms with Gasteiger partial charge in [-0.15, -0.1) is 0 Å². The Labute approximate surface area is 184 Å². The van der Waals surface area contributed by atoms with Gasteiger partial charge in [0.1, 0.15) is 5.78 Å². The molecule has 5 heteroatoms. The van der Waals surface area contributed by atoms with Gasteiger partial charge in [-0.2, -0.15) is 0 Å². The Morgan fingerprint density at radius 1 is 0.733 bits per heavy atom. The van der Waals surface area contributed by atoms with E-state index >= 15 is 0 Å². The minimum atomic E-state index is -0.154. The van der Waals surface area contributed by atoms with Gasteiger partial charge in [0, 0.05) is 41.0 Å². The summed E-state index contributed by atoms with van der Waals surface area (Å²) in [5, 5.41) is 10.3. The van der Waals surface area contributed by atoms with Gasteiger partial charge in [-0.25, -0.2) is 0 Å². The van der Waals surface area contributed by atoms with Crippen molar-refractivity contribution in [1.82, 2.24) is 16.0 Å². The zero-order chi connectivity index (χ0) is 22.8. The molecule has 1 amide bonds. The molecule has 2 aliphatic rings. The van der Waals surface area contributed by atoms with Gasteiger partial charge in [-0.05, 0) is 81.1 Å². The van der Waals surface area contributed by atoms with Crippen molar-refractivity contribution in [2.24, 2.45) is 11.8 Å². The number of nitrogens with one attached hydrogen (secondary N) is 3. The number of Topliss-reactive ketones (excluding diaryl/α,β-unsaturated/α-hetero) is 1. The number of unbranched alkanes of at least 4 members (excludes halogenated alkanes) is 4. The second-order valence-corrected chi connectivity index (χ2v) is 12.2. The van der Waals surface area contributed by atoms with E-state index in [0.717, 1.165) is 51.5 Å². The average molecular weight is 422 g/mol. The Kier molecular flexibility index (Phi) is 7.83. The van der Waals surface area contributed by atoms with Crippen LogP contribution in [0, 0.1) is 11.8 Å². The molecular weight excluding hydrogens is 374 g/mol. The first-order valence-corrected chi connectivity index (χ1v) is 12.0. The van der Waals surface area contributed by atoms with Crippen molar-refractivity contribution in [2.45, 2.75) is 129 Å². The van der Waals surface area contributed by atoms with Gasteiger partial charge in [0.25, 0.3) is 0 Å². The first kappa shape index (κ1) is 25.3. The van der Waals surface area contributed by atoms with Gasteiger partial charge >= 0.3 is 0 Å². The quantitative estimate of drug-likeness (QED) is 0.459. The first-order valence-electron chi connectivity index (χ1n) is 12.0. The molecule has 2 fully saturated rings. The minimum Gasteiger partial charge on any atom is -0.356 e. The van der Waals surface area contributed by atoms with Crippen molar-refractivity contribution in [1.29, 1.82) is 0 Å². The number of amides is 1. The molecule has 2 unspecified atom stereocenters. The zero-order valence-electron chi connectivity index (χ0n) is 20.8. The van der Waals surface area contributed by atoms with E-state index < -0.39 is 0 Å².